The molecule has 0 bridgehead atoms. The summed E-state index contributed by atoms with van der Waals surface area (Å²) in [6.07, 6.45) is 3.49. The molecular formula is C14H13N3O2. The van der Waals surface area contributed by atoms with Gasteiger partial charge in [0.15, 0.2) is 0 Å². The molecule has 0 spiro atoms. The van der Waals surface area contributed by atoms with Crippen LogP contribution in [0.3, 0.4) is 0 Å². The highest BCUT2D eigenvalue weighted by Crippen LogP contribution is 2.07. The fourth-order valence-corrected chi connectivity index (χ4v) is 1.69. The maximum atomic E-state index is 11.9. The summed E-state index contributed by atoms with van der Waals surface area (Å²) in [6.45, 7) is 2.32. The van der Waals surface area contributed by atoms with Crippen molar-refractivity contribution in [2.24, 2.45) is 0 Å². The van der Waals surface area contributed by atoms with Gasteiger partial charge < -0.3 is 9.73 Å². The van der Waals surface area contributed by atoms with E-state index in [4.69, 9.17) is 9.68 Å². The number of carbonyl (C=O) groups excluding carboxylic acids is 1. The van der Waals surface area contributed by atoms with Crippen LogP contribution in [-0.2, 0) is 6.42 Å². The molecule has 0 saturated carbocycles. The molecule has 2 aromatic rings. The summed E-state index contributed by atoms with van der Waals surface area (Å²) in [4.78, 5) is 15.7. The topological polar surface area (TPSA) is 78.9 Å². The van der Waals surface area contributed by atoms with Gasteiger partial charge in [-0.05, 0) is 25.1 Å². The Morgan fingerprint density at radius 2 is 2.32 bits per heavy atom. The number of hydrogen-bond donors (Lipinski definition) is 1. The average molecular weight is 255 g/mol. The number of rotatable bonds is 4. The standard InChI is InChI=1S/C14H13N3O2/c1-10-2-3-12(19-10)5-7-17-14(18)13-9-16-6-4-11(13)8-15/h2-4,6,9H,5,7H2,1H3,(H,17,18). The summed E-state index contributed by atoms with van der Waals surface area (Å²) in [7, 11) is 0. The van der Waals surface area contributed by atoms with Crippen molar-refractivity contribution < 1.29 is 9.21 Å². The van der Waals surface area contributed by atoms with Crippen LogP contribution < -0.4 is 5.32 Å². The second-order valence-corrected chi connectivity index (χ2v) is 4.05. The highest BCUT2D eigenvalue weighted by Gasteiger charge is 2.10. The Labute approximate surface area is 110 Å². The van der Waals surface area contributed by atoms with Crippen LogP contribution in [0, 0.1) is 18.3 Å². The second-order valence-electron chi connectivity index (χ2n) is 4.05. The molecule has 0 aromatic carbocycles. The number of nitriles is 1. The van der Waals surface area contributed by atoms with Gasteiger partial charge in [0.25, 0.3) is 5.91 Å². The first-order valence-electron chi connectivity index (χ1n) is 5.88. The summed E-state index contributed by atoms with van der Waals surface area (Å²) in [6, 6.07) is 7.25. The van der Waals surface area contributed by atoms with E-state index in [1.54, 1.807) is 0 Å². The number of aromatic nitrogens is 1. The van der Waals surface area contributed by atoms with Crippen LogP contribution in [0.2, 0.25) is 0 Å². The zero-order valence-electron chi connectivity index (χ0n) is 10.5. The first kappa shape index (κ1) is 12.8. The number of amides is 1. The van der Waals surface area contributed by atoms with E-state index >= 15 is 0 Å². The predicted molar refractivity (Wildman–Crippen MR) is 68.4 cm³/mol. The first-order chi connectivity index (χ1) is 9.20. The smallest absolute Gasteiger partial charge is 0.254 e. The third-order valence-corrected chi connectivity index (χ3v) is 2.64. The SMILES string of the molecule is Cc1ccc(CCNC(=O)c2cnccc2C#N)o1. The van der Waals surface area contributed by atoms with Crippen molar-refractivity contribution in [3.63, 3.8) is 0 Å². The Hall–Kier alpha value is -2.61. The van der Waals surface area contributed by atoms with E-state index in [1.165, 1.54) is 18.5 Å². The molecule has 0 unspecified atom stereocenters. The number of aryl methyl sites for hydroxylation is 1. The summed E-state index contributed by atoms with van der Waals surface area (Å²) in [5, 5.41) is 11.6. The van der Waals surface area contributed by atoms with Gasteiger partial charge in [0.2, 0.25) is 0 Å². The van der Waals surface area contributed by atoms with Gasteiger partial charge in [-0.2, -0.15) is 5.26 Å². The van der Waals surface area contributed by atoms with E-state index in [1.807, 2.05) is 25.1 Å². The molecule has 19 heavy (non-hydrogen) atoms. The maximum absolute atomic E-state index is 11.9. The Morgan fingerprint density at radius 1 is 1.47 bits per heavy atom. The van der Waals surface area contributed by atoms with E-state index in [-0.39, 0.29) is 5.91 Å². The summed E-state index contributed by atoms with van der Waals surface area (Å²) in [5.41, 5.74) is 0.613. The third kappa shape index (κ3) is 3.19. The average Bonchev–Trinajstić information content (AvgIpc) is 2.84. The molecule has 5 nitrogen and oxygen atoms in total. The van der Waals surface area contributed by atoms with Gasteiger partial charge in [-0.3, -0.25) is 9.78 Å². The minimum Gasteiger partial charge on any atom is -0.466 e. The lowest BCUT2D eigenvalue weighted by Gasteiger charge is -2.04. The van der Waals surface area contributed by atoms with Crippen molar-refractivity contribution in [1.82, 2.24) is 10.3 Å². The normalized spacial score (nSPS) is 9.89. The predicted octanol–water partition coefficient (Wildman–Crippen LogP) is 1.83. The van der Waals surface area contributed by atoms with Crippen molar-refractivity contribution in [3.8, 4) is 6.07 Å². The monoisotopic (exact) mass is 255 g/mol. The Morgan fingerprint density at radius 3 is 3.00 bits per heavy atom. The number of hydrogen-bond acceptors (Lipinski definition) is 4. The molecule has 1 N–H and O–H groups in total. The van der Waals surface area contributed by atoms with Gasteiger partial charge in [0.05, 0.1) is 11.1 Å². The molecule has 2 rings (SSSR count). The molecule has 0 aliphatic carbocycles. The summed E-state index contributed by atoms with van der Waals surface area (Å²) < 4.78 is 5.40. The molecule has 0 aliphatic rings. The van der Waals surface area contributed by atoms with Crippen molar-refractivity contribution in [2.45, 2.75) is 13.3 Å². The van der Waals surface area contributed by atoms with Crippen LogP contribution in [0.4, 0.5) is 0 Å². The molecule has 0 fully saturated rings. The molecule has 2 aromatic heterocycles. The fourth-order valence-electron chi connectivity index (χ4n) is 1.69. The summed E-state index contributed by atoms with van der Waals surface area (Å²) in [5.74, 6) is 1.37. The van der Waals surface area contributed by atoms with Gasteiger partial charge in [0.1, 0.15) is 17.6 Å². The fraction of sp³-hybridized carbons (Fsp3) is 0.214. The molecular weight excluding hydrogens is 242 g/mol. The Bertz CT molecular complexity index is 626. The van der Waals surface area contributed by atoms with Gasteiger partial charge in [0, 0.05) is 25.4 Å². The van der Waals surface area contributed by atoms with Crippen LogP contribution >= 0.6 is 0 Å². The van der Waals surface area contributed by atoms with E-state index < -0.39 is 0 Å². The van der Waals surface area contributed by atoms with Crippen LogP contribution in [0.25, 0.3) is 0 Å². The lowest BCUT2D eigenvalue weighted by atomic mass is 10.1. The molecule has 1 amide bonds. The third-order valence-electron chi connectivity index (χ3n) is 2.64. The maximum Gasteiger partial charge on any atom is 0.254 e. The first-order valence-corrected chi connectivity index (χ1v) is 5.88. The quantitative estimate of drug-likeness (QED) is 0.903. The highest BCUT2D eigenvalue weighted by atomic mass is 16.3. The van der Waals surface area contributed by atoms with Crippen LogP contribution in [0.15, 0.2) is 35.0 Å². The minimum atomic E-state index is -0.298. The number of nitrogens with zero attached hydrogens (tertiary/aromatic N) is 2. The molecule has 0 radical (unpaired) electrons. The molecule has 2 heterocycles. The lowest BCUT2D eigenvalue weighted by Crippen LogP contribution is -2.26. The Kier molecular flexibility index (Phi) is 3.94. The number of furan rings is 1. The molecule has 0 saturated heterocycles. The number of pyridine rings is 1. The molecule has 0 atom stereocenters. The van der Waals surface area contributed by atoms with Crippen LogP contribution in [0.5, 0.6) is 0 Å². The number of carbonyl (C=O) groups is 1. The van der Waals surface area contributed by atoms with Crippen molar-refractivity contribution in [3.05, 3.63) is 53.2 Å². The zero-order valence-corrected chi connectivity index (χ0v) is 10.5. The van der Waals surface area contributed by atoms with Crippen LogP contribution in [0.1, 0.15) is 27.4 Å². The zero-order chi connectivity index (χ0) is 13.7. The largest absolute Gasteiger partial charge is 0.466 e. The van der Waals surface area contributed by atoms with Gasteiger partial charge in [-0.25, -0.2) is 0 Å². The second kappa shape index (κ2) is 5.83. The van der Waals surface area contributed by atoms with Crippen molar-refractivity contribution in [1.29, 1.82) is 5.26 Å². The van der Waals surface area contributed by atoms with E-state index in [9.17, 15) is 4.79 Å². The molecule has 0 aliphatic heterocycles. The van der Waals surface area contributed by atoms with Crippen molar-refractivity contribution in [2.75, 3.05) is 6.54 Å². The molecule has 96 valence electrons. The lowest BCUT2D eigenvalue weighted by molar-refractivity contribution is 0.0953. The Balaban J connectivity index is 1.93. The molecule has 5 heteroatoms. The summed E-state index contributed by atoms with van der Waals surface area (Å²) >= 11 is 0. The van der Waals surface area contributed by atoms with Gasteiger partial charge >= 0.3 is 0 Å². The van der Waals surface area contributed by atoms with E-state index in [0.29, 0.717) is 24.1 Å². The van der Waals surface area contributed by atoms with Crippen molar-refractivity contribution >= 4 is 5.91 Å². The van der Waals surface area contributed by atoms with Crippen LogP contribution in [-0.4, -0.2) is 17.4 Å². The van der Waals surface area contributed by atoms with E-state index in [0.717, 1.165) is 11.5 Å². The minimum absolute atomic E-state index is 0.292. The van der Waals surface area contributed by atoms with E-state index in [2.05, 4.69) is 10.3 Å². The van der Waals surface area contributed by atoms with Gasteiger partial charge in [-0.1, -0.05) is 0 Å². The van der Waals surface area contributed by atoms with Gasteiger partial charge in [-0.15, -0.1) is 0 Å². The highest BCUT2D eigenvalue weighted by molar-refractivity contribution is 5.96. The number of nitrogens with one attached hydrogen (secondary N) is 1.